The number of carbonyl (C=O) groups is 1. The summed E-state index contributed by atoms with van der Waals surface area (Å²) in [6, 6.07) is 11.5. The fourth-order valence-electron chi connectivity index (χ4n) is 4.07. The van der Waals surface area contributed by atoms with Crippen molar-refractivity contribution in [1.29, 1.82) is 0 Å². The standard InChI is InChI=1S/C23H25N7O2S2/c1-15-5-7-17(8-6-15)20-24-19(32-27-20)14-28-9-11-29(12-10-28)22(31)16(2)30-21(25-26-23(30)33)18-4-3-13-34-18/h3-8,13,16H,9-12,14H2,1-2H3,(H,26,33). The molecule has 1 aliphatic heterocycles. The molecule has 0 aliphatic carbocycles. The van der Waals surface area contributed by atoms with Gasteiger partial charge in [0, 0.05) is 31.7 Å². The van der Waals surface area contributed by atoms with Gasteiger partial charge in [-0.1, -0.05) is 41.1 Å². The van der Waals surface area contributed by atoms with Crippen molar-refractivity contribution in [3.05, 3.63) is 58.0 Å². The van der Waals surface area contributed by atoms with E-state index in [9.17, 15) is 4.79 Å². The molecule has 1 fully saturated rings. The molecule has 1 saturated heterocycles. The summed E-state index contributed by atoms with van der Waals surface area (Å²) in [5.74, 6) is 1.90. The van der Waals surface area contributed by atoms with Crippen molar-refractivity contribution < 1.29 is 9.32 Å². The van der Waals surface area contributed by atoms with Crippen LogP contribution in [0.15, 0.2) is 46.3 Å². The lowest BCUT2D eigenvalue weighted by atomic mass is 10.1. The van der Waals surface area contributed by atoms with Crippen LogP contribution < -0.4 is 0 Å². The molecule has 4 aromatic rings. The van der Waals surface area contributed by atoms with Crippen LogP contribution in [0.5, 0.6) is 0 Å². The van der Waals surface area contributed by atoms with Gasteiger partial charge in [-0.3, -0.25) is 19.4 Å². The van der Waals surface area contributed by atoms with Gasteiger partial charge in [-0.2, -0.15) is 10.1 Å². The zero-order valence-electron chi connectivity index (χ0n) is 19.0. The number of amides is 1. The van der Waals surface area contributed by atoms with E-state index in [-0.39, 0.29) is 5.91 Å². The fraction of sp³-hybridized carbons (Fsp3) is 0.348. The smallest absolute Gasteiger partial charge is 0.245 e. The summed E-state index contributed by atoms with van der Waals surface area (Å²) in [5.41, 5.74) is 2.12. The Balaban J connectivity index is 1.20. The predicted octanol–water partition coefficient (Wildman–Crippen LogP) is 3.93. The Morgan fingerprint density at radius 1 is 1.21 bits per heavy atom. The maximum atomic E-state index is 13.3. The zero-order chi connectivity index (χ0) is 23.7. The molecule has 0 spiro atoms. The summed E-state index contributed by atoms with van der Waals surface area (Å²) in [5, 5.41) is 13.3. The van der Waals surface area contributed by atoms with Crippen LogP contribution in [0.1, 0.15) is 24.4 Å². The Hall–Kier alpha value is -3.15. The molecule has 1 N–H and O–H groups in total. The summed E-state index contributed by atoms with van der Waals surface area (Å²) in [6.45, 7) is 7.20. The maximum Gasteiger partial charge on any atom is 0.245 e. The highest BCUT2D eigenvalue weighted by Gasteiger charge is 2.29. The molecule has 34 heavy (non-hydrogen) atoms. The van der Waals surface area contributed by atoms with Crippen molar-refractivity contribution in [2.24, 2.45) is 0 Å². The van der Waals surface area contributed by atoms with Crippen molar-refractivity contribution >= 4 is 29.5 Å². The molecule has 0 bridgehead atoms. The first-order chi connectivity index (χ1) is 16.5. The van der Waals surface area contributed by atoms with Crippen LogP contribution in [0.4, 0.5) is 0 Å². The van der Waals surface area contributed by atoms with Crippen LogP contribution >= 0.6 is 23.6 Å². The second kappa shape index (κ2) is 9.61. The summed E-state index contributed by atoms with van der Waals surface area (Å²) < 4.78 is 7.72. The third-order valence-corrected chi connectivity index (χ3v) is 7.17. The quantitative estimate of drug-likeness (QED) is 0.405. The molecule has 1 aromatic carbocycles. The van der Waals surface area contributed by atoms with Crippen LogP contribution in [0.2, 0.25) is 0 Å². The Kier molecular flexibility index (Phi) is 6.40. The largest absolute Gasteiger partial charge is 0.338 e. The van der Waals surface area contributed by atoms with Gasteiger partial charge in [-0.05, 0) is 37.5 Å². The van der Waals surface area contributed by atoms with Crippen molar-refractivity contribution in [3.8, 4) is 22.1 Å². The highest BCUT2D eigenvalue weighted by atomic mass is 32.1. The Bertz CT molecular complexity index is 1320. The number of aryl methyl sites for hydroxylation is 1. The van der Waals surface area contributed by atoms with Gasteiger partial charge >= 0.3 is 0 Å². The summed E-state index contributed by atoms with van der Waals surface area (Å²) in [6.07, 6.45) is 0. The van der Waals surface area contributed by atoms with Crippen molar-refractivity contribution in [2.45, 2.75) is 26.4 Å². The second-order valence-electron chi connectivity index (χ2n) is 8.35. The lowest BCUT2D eigenvalue weighted by molar-refractivity contribution is -0.136. The number of rotatable bonds is 6. The van der Waals surface area contributed by atoms with Crippen LogP contribution in [0.3, 0.4) is 0 Å². The maximum absolute atomic E-state index is 13.3. The number of hydrogen-bond acceptors (Lipinski definition) is 8. The van der Waals surface area contributed by atoms with Gasteiger partial charge in [-0.25, -0.2) is 0 Å². The first-order valence-corrected chi connectivity index (χ1v) is 12.4. The monoisotopic (exact) mass is 495 g/mol. The third kappa shape index (κ3) is 4.59. The minimum Gasteiger partial charge on any atom is -0.338 e. The number of benzene rings is 1. The molecular weight excluding hydrogens is 470 g/mol. The van der Waals surface area contributed by atoms with Crippen LogP contribution in [-0.2, 0) is 11.3 Å². The van der Waals surface area contributed by atoms with Crippen molar-refractivity contribution in [3.63, 3.8) is 0 Å². The summed E-state index contributed by atoms with van der Waals surface area (Å²) >= 11 is 7.00. The van der Waals surface area contributed by atoms with E-state index in [2.05, 4.69) is 25.2 Å². The average molecular weight is 496 g/mol. The molecule has 3 aromatic heterocycles. The number of aromatic amines is 1. The molecule has 0 radical (unpaired) electrons. The van der Waals surface area contributed by atoms with Crippen molar-refractivity contribution in [2.75, 3.05) is 26.2 Å². The number of carbonyl (C=O) groups excluding carboxylic acids is 1. The van der Waals surface area contributed by atoms with Gasteiger partial charge in [-0.15, -0.1) is 11.3 Å². The second-order valence-corrected chi connectivity index (χ2v) is 9.69. The molecule has 11 heteroatoms. The highest BCUT2D eigenvalue weighted by Crippen LogP contribution is 2.26. The normalized spacial score (nSPS) is 15.5. The van der Waals surface area contributed by atoms with E-state index < -0.39 is 6.04 Å². The van der Waals surface area contributed by atoms with Gasteiger partial charge in [0.05, 0.1) is 11.4 Å². The van der Waals surface area contributed by atoms with E-state index in [1.807, 2.05) is 60.5 Å². The molecule has 176 valence electrons. The minimum absolute atomic E-state index is 0.0365. The number of nitrogens with one attached hydrogen (secondary N) is 1. The lowest BCUT2D eigenvalue weighted by Gasteiger charge is -2.35. The average Bonchev–Trinajstić information content (AvgIpc) is 3.60. The summed E-state index contributed by atoms with van der Waals surface area (Å²) in [4.78, 5) is 22.9. The van der Waals surface area contributed by atoms with Crippen LogP contribution in [0.25, 0.3) is 22.1 Å². The van der Waals surface area contributed by atoms with Gasteiger partial charge in [0.2, 0.25) is 17.6 Å². The number of thiophene rings is 1. The molecule has 1 aliphatic rings. The first kappa shape index (κ1) is 22.6. The third-order valence-electron chi connectivity index (χ3n) is 6.01. The number of H-pyrrole nitrogens is 1. The van der Waals surface area contributed by atoms with E-state index in [0.717, 1.165) is 23.5 Å². The lowest BCUT2D eigenvalue weighted by Crippen LogP contribution is -2.50. The predicted molar refractivity (Wildman–Crippen MR) is 132 cm³/mol. The van der Waals surface area contributed by atoms with E-state index >= 15 is 0 Å². The first-order valence-electron chi connectivity index (χ1n) is 11.1. The number of aromatic nitrogens is 5. The van der Waals surface area contributed by atoms with Gasteiger partial charge in [0.1, 0.15) is 6.04 Å². The Labute approximate surface area is 206 Å². The molecule has 9 nitrogen and oxygen atoms in total. The van der Waals surface area contributed by atoms with Gasteiger partial charge < -0.3 is 9.42 Å². The molecule has 5 rings (SSSR count). The molecule has 1 amide bonds. The van der Waals surface area contributed by atoms with E-state index in [1.165, 1.54) is 5.56 Å². The van der Waals surface area contributed by atoms with Crippen LogP contribution in [0, 0.1) is 11.7 Å². The summed E-state index contributed by atoms with van der Waals surface area (Å²) in [7, 11) is 0. The molecule has 4 heterocycles. The van der Waals surface area contributed by atoms with Gasteiger partial charge in [0.25, 0.3) is 0 Å². The molecule has 0 saturated carbocycles. The highest BCUT2D eigenvalue weighted by molar-refractivity contribution is 7.71. The topological polar surface area (TPSA) is 96.1 Å². The minimum atomic E-state index is -0.442. The molecular formula is C23H25N7O2S2. The number of nitrogens with zero attached hydrogens (tertiary/aromatic N) is 6. The SMILES string of the molecule is Cc1ccc(-c2noc(CN3CCN(C(=O)C(C)n4c(-c5cccs5)n[nH]c4=S)CC3)n2)cc1. The van der Waals surface area contributed by atoms with Gasteiger partial charge in [0.15, 0.2) is 10.6 Å². The number of hydrogen-bond donors (Lipinski definition) is 1. The molecule has 1 atom stereocenters. The Morgan fingerprint density at radius 3 is 2.68 bits per heavy atom. The van der Waals surface area contributed by atoms with E-state index in [1.54, 1.807) is 15.9 Å². The molecule has 1 unspecified atom stereocenters. The fourth-order valence-corrected chi connectivity index (χ4v) is 5.08. The Morgan fingerprint density at radius 2 is 1.97 bits per heavy atom. The zero-order valence-corrected chi connectivity index (χ0v) is 20.6. The van der Waals surface area contributed by atoms with Crippen LogP contribution in [-0.4, -0.2) is 66.8 Å². The van der Waals surface area contributed by atoms with E-state index in [4.69, 9.17) is 16.7 Å². The van der Waals surface area contributed by atoms with Crippen molar-refractivity contribution in [1.82, 2.24) is 34.7 Å². The number of piperazine rings is 1. The van der Waals surface area contributed by atoms with E-state index in [0.29, 0.717) is 41.9 Å².